The predicted octanol–water partition coefficient (Wildman–Crippen LogP) is 2.89. The lowest BCUT2D eigenvalue weighted by Gasteiger charge is -2.22. The van der Waals surface area contributed by atoms with Crippen LogP contribution in [0.2, 0.25) is 0 Å². The summed E-state index contributed by atoms with van der Waals surface area (Å²) in [7, 11) is 1.57. The van der Waals surface area contributed by atoms with Gasteiger partial charge in [0.25, 0.3) is 5.91 Å². The van der Waals surface area contributed by atoms with Crippen LogP contribution in [0.1, 0.15) is 42.2 Å². The minimum absolute atomic E-state index is 0.00175. The van der Waals surface area contributed by atoms with E-state index >= 15 is 0 Å². The van der Waals surface area contributed by atoms with E-state index in [-0.39, 0.29) is 29.4 Å². The molecule has 11 heteroatoms. The van der Waals surface area contributed by atoms with Crippen molar-refractivity contribution in [2.24, 2.45) is 11.7 Å². The first kappa shape index (κ1) is 22.8. The molecule has 0 radical (unpaired) electrons. The van der Waals surface area contributed by atoms with Gasteiger partial charge in [0, 0.05) is 35.9 Å². The monoisotopic (exact) mass is 477 g/mol. The summed E-state index contributed by atoms with van der Waals surface area (Å²) < 4.78 is 13.3. The van der Waals surface area contributed by atoms with Crippen LogP contribution in [0.4, 0.5) is 17.2 Å². The maximum absolute atomic E-state index is 12.2. The molecule has 2 amide bonds. The molecule has 35 heavy (non-hydrogen) atoms. The number of carbonyl (C=O) groups excluding carboxylic acids is 2. The third-order valence-electron chi connectivity index (χ3n) is 6.14. The van der Waals surface area contributed by atoms with Crippen LogP contribution in [0, 0.1) is 5.92 Å². The number of amides is 2. The first-order valence-corrected chi connectivity index (χ1v) is 11.6. The van der Waals surface area contributed by atoms with Crippen molar-refractivity contribution < 1.29 is 19.1 Å². The topological polar surface area (TPSA) is 146 Å². The van der Waals surface area contributed by atoms with Gasteiger partial charge in [0.15, 0.2) is 11.5 Å². The van der Waals surface area contributed by atoms with Crippen LogP contribution in [-0.2, 0) is 9.53 Å². The Morgan fingerprint density at radius 2 is 2.06 bits per heavy atom. The van der Waals surface area contributed by atoms with Crippen molar-refractivity contribution in [2.75, 3.05) is 31.0 Å². The molecule has 1 aliphatic carbocycles. The van der Waals surface area contributed by atoms with E-state index in [1.165, 1.54) is 0 Å². The highest BCUT2D eigenvalue weighted by Crippen LogP contribution is 2.39. The Bertz CT molecular complexity index is 1250. The van der Waals surface area contributed by atoms with Gasteiger partial charge in [-0.2, -0.15) is 5.10 Å². The molecular weight excluding hydrogens is 450 g/mol. The highest BCUT2D eigenvalue weighted by Gasteiger charge is 2.30. The van der Waals surface area contributed by atoms with E-state index in [0.29, 0.717) is 23.7 Å². The molecule has 1 atom stereocenters. The molecule has 2 aliphatic rings. The third kappa shape index (κ3) is 4.94. The van der Waals surface area contributed by atoms with E-state index in [4.69, 9.17) is 15.2 Å². The van der Waals surface area contributed by atoms with Gasteiger partial charge < -0.3 is 25.8 Å². The smallest absolute Gasteiger partial charge is 0.271 e. The van der Waals surface area contributed by atoms with Crippen molar-refractivity contribution >= 4 is 29.0 Å². The van der Waals surface area contributed by atoms with Gasteiger partial charge in [-0.05, 0) is 31.7 Å². The Hall–Kier alpha value is -3.99. The van der Waals surface area contributed by atoms with Gasteiger partial charge >= 0.3 is 0 Å². The van der Waals surface area contributed by atoms with Crippen LogP contribution in [0.3, 0.4) is 0 Å². The number of rotatable bonds is 8. The fraction of sp³-hybridized carbons (Fsp3) is 0.375. The summed E-state index contributed by atoms with van der Waals surface area (Å²) in [5.74, 6) is -0.0617. The molecule has 1 unspecified atom stereocenters. The first-order chi connectivity index (χ1) is 17.0. The van der Waals surface area contributed by atoms with Gasteiger partial charge in [0.1, 0.15) is 5.75 Å². The minimum Gasteiger partial charge on any atom is -0.494 e. The standard InChI is InChI=1S/C24H27N7O4/c1-34-22-17(15-11-26-31(12-15)16-4-3-9-35-13-16)5-2-6-18(22)27-19-10-20(28-24(33)14-7-8-14)29-30-21(19)23(25)32/h2,5-6,10-12,14,16H,3-4,7-9,13H2,1H3,(H2,25,32)(H2,27,28,29,33). The molecule has 2 aromatic heterocycles. The fourth-order valence-electron chi connectivity index (χ4n) is 4.14. The second-order valence-electron chi connectivity index (χ2n) is 8.71. The lowest BCUT2D eigenvalue weighted by Crippen LogP contribution is -2.21. The van der Waals surface area contributed by atoms with E-state index in [0.717, 1.165) is 43.4 Å². The van der Waals surface area contributed by atoms with Gasteiger partial charge in [-0.1, -0.05) is 12.1 Å². The number of nitrogens with two attached hydrogens (primary N) is 1. The van der Waals surface area contributed by atoms with Crippen molar-refractivity contribution in [3.63, 3.8) is 0 Å². The average Bonchev–Trinajstić information content (AvgIpc) is 3.61. The quantitative estimate of drug-likeness (QED) is 0.449. The number of carbonyl (C=O) groups is 2. The molecule has 5 rings (SSSR count). The molecule has 1 aromatic carbocycles. The lowest BCUT2D eigenvalue weighted by atomic mass is 10.1. The second-order valence-corrected chi connectivity index (χ2v) is 8.71. The Morgan fingerprint density at radius 1 is 1.20 bits per heavy atom. The summed E-state index contributed by atoms with van der Waals surface area (Å²) in [6, 6.07) is 7.37. The van der Waals surface area contributed by atoms with Gasteiger partial charge in [0.2, 0.25) is 5.91 Å². The Morgan fingerprint density at radius 3 is 2.77 bits per heavy atom. The zero-order valence-electron chi connectivity index (χ0n) is 19.4. The molecule has 0 bridgehead atoms. The molecule has 1 aliphatic heterocycles. The van der Waals surface area contributed by atoms with E-state index < -0.39 is 5.91 Å². The lowest BCUT2D eigenvalue weighted by molar-refractivity contribution is -0.117. The van der Waals surface area contributed by atoms with E-state index in [1.54, 1.807) is 19.4 Å². The maximum atomic E-state index is 12.2. The third-order valence-corrected chi connectivity index (χ3v) is 6.14. The summed E-state index contributed by atoms with van der Waals surface area (Å²) in [5.41, 5.74) is 8.08. The Labute approximate surface area is 202 Å². The van der Waals surface area contributed by atoms with Gasteiger partial charge in [-0.25, -0.2) is 0 Å². The molecule has 11 nitrogen and oxygen atoms in total. The Kier molecular flexibility index (Phi) is 6.32. The van der Waals surface area contributed by atoms with Crippen molar-refractivity contribution in [3.05, 3.63) is 42.4 Å². The summed E-state index contributed by atoms with van der Waals surface area (Å²) in [6.45, 7) is 1.43. The van der Waals surface area contributed by atoms with Crippen LogP contribution in [0.15, 0.2) is 36.7 Å². The SMILES string of the molecule is COc1c(Nc2cc(NC(=O)C3CC3)nnc2C(N)=O)cccc1-c1cnn(C2CCCOC2)c1. The number of hydrogen-bond donors (Lipinski definition) is 3. The number of primary amides is 1. The van der Waals surface area contributed by atoms with Crippen LogP contribution < -0.4 is 21.1 Å². The van der Waals surface area contributed by atoms with E-state index in [2.05, 4.69) is 25.9 Å². The summed E-state index contributed by atoms with van der Waals surface area (Å²) in [4.78, 5) is 24.2. The molecular formula is C24H27N7O4. The molecule has 1 saturated heterocycles. The molecule has 2 fully saturated rings. The van der Waals surface area contributed by atoms with Crippen LogP contribution in [-0.4, -0.2) is 52.1 Å². The second kappa shape index (κ2) is 9.71. The van der Waals surface area contributed by atoms with Crippen molar-refractivity contribution in [2.45, 2.75) is 31.7 Å². The number of ether oxygens (including phenoxy) is 2. The van der Waals surface area contributed by atoms with Gasteiger partial charge in [-0.3, -0.25) is 14.3 Å². The Balaban J connectivity index is 1.45. The van der Waals surface area contributed by atoms with Crippen LogP contribution >= 0.6 is 0 Å². The summed E-state index contributed by atoms with van der Waals surface area (Å²) >= 11 is 0. The first-order valence-electron chi connectivity index (χ1n) is 11.6. The normalized spacial score (nSPS) is 17.6. The molecule has 1 saturated carbocycles. The number of aromatic nitrogens is 4. The van der Waals surface area contributed by atoms with E-state index in [1.807, 2.05) is 29.1 Å². The highest BCUT2D eigenvalue weighted by atomic mass is 16.5. The summed E-state index contributed by atoms with van der Waals surface area (Å²) in [6.07, 6.45) is 7.52. The summed E-state index contributed by atoms with van der Waals surface area (Å²) in [5, 5.41) is 18.3. The zero-order chi connectivity index (χ0) is 24.4. The number of nitrogens with zero attached hydrogens (tertiary/aromatic N) is 4. The van der Waals surface area contributed by atoms with Gasteiger partial charge in [-0.15, -0.1) is 10.2 Å². The van der Waals surface area contributed by atoms with Crippen LogP contribution in [0.5, 0.6) is 5.75 Å². The zero-order valence-corrected chi connectivity index (χ0v) is 19.4. The van der Waals surface area contributed by atoms with Crippen molar-refractivity contribution in [3.8, 4) is 16.9 Å². The number of methoxy groups -OCH3 is 1. The highest BCUT2D eigenvalue weighted by molar-refractivity contribution is 5.99. The van der Waals surface area contributed by atoms with Crippen molar-refractivity contribution in [1.82, 2.24) is 20.0 Å². The fourth-order valence-corrected chi connectivity index (χ4v) is 4.14. The molecule has 4 N–H and O–H groups in total. The number of para-hydroxylation sites is 1. The average molecular weight is 478 g/mol. The van der Waals surface area contributed by atoms with Gasteiger partial charge in [0.05, 0.1) is 37.3 Å². The number of nitrogens with one attached hydrogen (secondary N) is 2. The van der Waals surface area contributed by atoms with Crippen molar-refractivity contribution in [1.29, 1.82) is 0 Å². The number of hydrogen-bond acceptors (Lipinski definition) is 8. The predicted molar refractivity (Wildman–Crippen MR) is 128 cm³/mol. The molecule has 3 aromatic rings. The molecule has 182 valence electrons. The number of anilines is 3. The molecule has 3 heterocycles. The minimum atomic E-state index is -0.744. The molecule has 0 spiro atoms. The largest absolute Gasteiger partial charge is 0.494 e. The maximum Gasteiger partial charge on any atom is 0.271 e. The number of benzene rings is 1. The van der Waals surface area contributed by atoms with E-state index in [9.17, 15) is 9.59 Å². The van der Waals surface area contributed by atoms with Crippen LogP contribution in [0.25, 0.3) is 11.1 Å².